The molecule has 3 rings (SSSR count). The first-order valence-electron chi connectivity index (χ1n) is 9.11. The fourth-order valence-electron chi connectivity index (χ4n) is 3.22. The van der Waals surface area contributed by atoms with Gasteiger partial charge < -0.3 is 14.8 Å². The van der Waals surface area contributed by atoms with Crippen LogP contribution >= 0.6 is 11.6 Å². The molecule has 1 N–H and O–H groups in total. The molecule has 1 aliphatic heterocycles. The largest absolute Gasteiger partial charge is 0.495 e. The number of amides is 1. The van der Waals surface area contributed by atoms with Crippen molar-refractivity contribution in [3.05, 3.63) is 53.1 Å². The van der Waals surface area contributed by atoms with Crippen LogP contribution in [0.4, 0.5) is 5.69 Å². The number of benzene rings is 2. The van der Waals surface area contributed by atoms with Crippen molar-refractivity contribution in [2.75, 3.05) is 25.5 Å². The van der Waals surface area contributed by atoms with Crippen molar-refractivity contribution in [3.8, 4) is 5.75 Å². The third-order valence-corrected chi connectivity index (χ3v) is 6.65. The Hall–Kier alpha value is -2.13. The lowest BCUT2D eigenvalue weighted by atomic mass is 10.2. The molecule has 2 atom stereocenters. The van der Waals surface area contributed by atoms with Crippen molar-refractivity contribution in [2.24, 2.45) is 0 Å². The van der Waals surface area contributed by atoms with Gasteiger partial charge in [0.25, 0.3) is 5.91 Å². The predicted molar refractivity (Wildman–Crippen MR) is 111 cm³/mol. The zero-order valence-electron chi connectivity index (χ0n) is 16.4. The first kappa shape index (κ1) is 21.6. The van der Waals surface area contributed by atoms with Crippen LogP contribution in [0.25, 0.3) is 0 Å². The lowest BCUT2D eigenvalue weighted by molar-refractivity contribution is -0.0440. The maximum Gasteiger partial charge on any atom is 0.255 e. The van der Waals surface area contributed by atoms with Gasteiger partial charge in [-0.25, -0.2) is 8.42 Å². The highest BCUT2D eigenvalue weighted by Gasteiger charge is 2.32. The average molecular weight is 439 g/mol. The first-order chi connectivity index (χ1) is 13.7. The minimum Gasteiger partial charge on any atom is -0.495 e. The quantitative estimate of drug-likeness (QED) is 0.773. The second-order valence-electron chi connectivity index (χ2n) is 6.91. The Balaban J connectivity index is 1.81. The number of carbonyl (C=O) groups is 1. The summed E-state index contributed by atoms with van der Waals surface area (Å²) < 4.78 is 38.2. The molecule has 156 valence electrons. The normalized spacial score (nSPS) is 20.3. The lowest BCUT2D eigenvalue weighted by Crippen LogP contribution is -2.48. The van der Waals surface area contributed by atoms with E-state index in [1.54, 1.807) is 30.3 Å². The summed E-state index contributed by atoms with van der Waals surface area (Å²) in [4.78, 5) is 12.7. The molecular formula is C20H23ClN2O5S. The Bertz CT molecular complexity index is 1000. The van der Waals surface area contributed by atoms with Crippen LogP contribution < -0.4 is 10.1 Å². The molecule has 2 unspecified atom stereocenters. The summed E-state index contributed by atoms with van der Waals surface area (Å²) in [5, 5.41) is 3.07. The highest BCUT2D eigenvalue weighted by Crippen LogP contribution is 2.28. The van der Waals surface area contributed by atoms with Gasteiger partial charge in [0.1, 0.15) is 5.75 Å². The molecule has 0 bridgehead atoms. The molecule has 9 heteroatoms. The molecule has 1 aliphatic rings. The van der Waals surface area contributed by atoms with Crippen molar-refractivity contribution >= 4 is 33.2 Å². The van der Waals surface area contributed by atoms with Crippen LogP contribution in [0.2, 0.25) is 5.02 Å². The van der Waals surface area contributed by atoms with Gasteiger partial charge in [0.15, 0.2) is 0 Å². The molecule has 2 aromatic rings. The van der Waals surface area contributed by atoms with E-state index in [0.29, 0.717) is 16.5 Å². The predicted octanol–water partition coefficient (Wildman–Crippen LogP) is 3.40. The fourth-order valence-corrected chi connectivity index (χ4v) is 5.12. The number of methoxy groups -OCH3 is 1. The van der Waals surface area contributed by atoms with Crippen LogP contribution in [0.5, 0.6) is 5.75 Å². The van der Waals surface area contributed by atoms with Gasteiger partial charge in [0, 0.05) is 24.3 Å². The summed E-state index contributed by atoms with van der Waals surface area (Å²) in [5.74, 6) is 0.0544. The molecule has 1 amide bonds. The maximum absolute atomic E-state index is 13.0. The van der Waals surface area contributed by atoms with Crippen molar-refractivity contribution < 1.29 is 22.7 Å². The van der Waals surface area contributed by atoms with E-state index in [4.69, 9.17) is 21.1 Å². The van der Waals surface area contributed by atoms with Gasteiger partial charge in [-0.1, -0.05) is 17.7 Å². The molecule has 29 heavy (non-hydrogen) atoms. The van der Waals surface area contributed by atoms with E-state index in [-0.39, 0.29) is 35.8 Å². The molecule has 1 fully saturated rings. The van der Waals surface area contributed by atoms with E-state index in [1.165, 1.54) is 23.5 Å². The van der Waals surface area contributed by atoms with Crippen LogP contribution in [-0.2, 0) is 14.8 Å². The molecule has 0 radical (unpaired) electrons. The molecule has 0 saturated carbocycles. The fraction of sp³-hybridized carbons (Fsp3) is 0.350. The van der Waals surface area contributed by atoms with Crippen molar-refractivity contribution in [2.45, 2.75) is 31.0 Å². The summed E-state index contributed by atoms with van der Waals surface area (Å²) >= 11 is 6.08. The van der Waals surface area contributed by atoms with Crippen LogP contribution in [-0.4, -0.2) is 51.0 Å². The van der Waals surface area contributed by atoms with Gasteiger partial charge in [0.05, 0.1) is 29.2 Å². The average Bonchev–Trinajstić information content (AvgIpc) is 2.67. The van der Waals surface area contributed by atoms with Crippen LogP contribution in [0.3, 0.4) is 0 Å². The van der Waals surface area contributed by atoms with Gasteiger partial charge in [0.2, 0.25) is 10.0 Å². The van der Waals surface area contributed by atoms with Crippen molar-refractivity contribution in [1.82, 2.24) is 4.31 Å². The SMILES string of the molecule is COc1ccc(NC(=O)c2cccc(S(=O)(=O)N3CC(C)OC(C)C3)c2)cc1Cl. The second-order valence-corrected chi connectivity index (χ2v) is 9.26. The third-order valence-electron chi connectivity index (χ3n) is 4.53. The molecule has 0 spiro atoms. The van der Waals surface area contributed by atoms with Gasteiger partial charge in [-0.05, 0) is 50.2 Å². The Morgan fingerprint density at radius 1 is 1.17 bits per heavy atom. The molecule has 0 aliphatic carbocycles. The van der Waals surface area contributed by atoms with E-state index in [0.717, 1.165) is 0 Å². The number of halogens is 1. The van der Waals surface area contributed by atoms with Crippen molar-refractivity contribution in [3.63, 3.8) is 0 Å². The number of sulfonamides is 1. The standard InChI is InChI=1S/C20H23ClN2O5S/c1-13-11-23(12-14(2)28-13)29(25,26)17-6-4-5-15(9-17)20(24)22-16-7-8-19(27-3)18(21)10-16/h4-10,13-14H,11-12H2,1-3H3,(H,22,24). The van der Waals surface area contributed by atoms with E-state index in [2.05, 4.69) is 5.32 Å². The minimum absolute atomic E-state index is 0.0687. The molecule has 1 saturated heterocycles. The smallest absolute Gasteiger partial charge is 0.255 e. The number of ether oxygens (including phenoxy) is 2. The topological polar surface area (TPSA) is 84.9 Å². The van der Waals surface area contributed by atoms with Gasteiger partial charge >= 0.3 is 0 Å². The number of morpholine rings is 1. The summed E-state index contributed by atoms with van der Waals surface area (Å²) in [6, 6.07) is 10.8. The minimum atomic E-state index is -3.74. The van der Waals surface area contributed by atoms with E-state index >= 15 is 0 Å². The summed E-state index contributed by atoms with van der Waals surface area (Å²) in [7, 11) is -2.24. The maximum atomic E-state index is 13.0. The molecule has 7 nitrogen and oxygen atoms in total. The zero-order chi connectivity index (χ0) is 21.2. The molecule has 1 heterocycles. The van der Waals surface area contributed by atoms with Crippen LogP contribution in [0, 0.1) is 0 Å². The summed E-state index contributed by atoms with van der Waals surface area (Å²) in [6.45, 7) is 4.21. The number of hydrogen-bond acceptors (Lipinski definition) is 5. The van der Waals surface area contributed by atoms with E-state index in [9.17, 15) is 13.2 Å². The van der Waals surface area contributed by atoms with Gasteiger partial charge in [-0.3, -0.25) is 4.79 Å². The van der Waals surface area contributed by atoms with E-state index in [1.807, 2.05) is 13.8 Å². The van der Waals surface area contributed by atoms with Crippen LogP contribution in [0.1, 0.15) is 24.2 Å². The summed E-state index contributed by atoms with van der Waals surface area (Å²) in [6.07, 6.45) is -0.389. The number of anilines is 1. The van der Waals surface area contributed by atoms with Crippen molar-refractivity contribution in [1.29, 1.82) is 0 Å². The highest BCUT2D eigenvalue weighted by molar-refractivity contribution is 7.89. The van der Waals surface area contributed by atoms with E-state index < -0.39 is 15.9 Å². The first-order valence-corrected chi connectivity index (χ1v) is 10.9. The Morgan fingerprint density at radius 2 is 1.86 bits per heavy atom. The number of nitrogens with one attached hydrogen (secondary N) is 1. The summed E-state index contributed by atoms with van der Waals surface area (Å²) in [5.41, 5.74) is 0.706. The number of nitrogens with zero attached hydrogens (tertiary/aromatic N) is 1. The molecule has 0 aromatic heterocycles. The lowest BCUT2D eigenvalue weighted by Gasteiger charge is -2.34. The van der Waals surface area contributed by atoms with Gasteiger partial charge in [-0.2, -0.15) is 4.31 Å². The Labute approximate surface area is 175 Å². The van der Waals surface area contributed by atoms with Crippen LogP contribution in [0.15, 0.2) is 47.4 Å². The molecular weight excluding hydrogens is 416 g/mol. The Kier molecular flexibility index (Phi) is 6.48. The highest BCUT2D eigenvalue weighted by atomic mass is 35.5. The third kappa shape index (κ3) is 4.90. The van der Waals surface area contributed by atoms with Gasteiger partial charge in [-0.15, -0.1) is 0 Å². The number of carbonyl (C=O) groups excluding carboxylic acids is 1. The zero-order valence-corrected chi connectivity index (χ0v) is 18.0. The second kappa shape index (κ2) is 8.71. The molecule has 2 aromatic carbocycles. The Morgan fingerprint density at radius 3 is 2.48 bits per heavy atom. The number of rotatable bonds is 5. The monoisotopic (exact) mass is 438 g/mol. The number of hydrogen-bond donors (Lipinski definition) is 1.